The van der Waals surface area contributed by atoms with Gasteiger partial charge in [-0.1, -0.05) is 54.6 Å². The van der Waals surface area contributed by atoms with Crippen LogP contribution < -0.4 is 16.1 Å². The van der Waals surface area contributed by atoms with Gasteiger partial charge in [0.15, 0.2) is 11.6 Å². The van der Waals surface area contributed by atoms with Crippen molar-refractivity contribution in [3.63, 3.8) is 0 Å². The zero-order valence-electron chi connectivity index (χ0n) is 15.8. The van der Waals surface area contributed by atoms with Crippen LogP contribution in [0.25, 0.3) is 11.1 Å². The molecule has 1 aliphatic rings. The largest absolute Gasteiger partial charge is 0.381 e. The summed E-state index contributed by atoms with van der Waals surface area (Å²) in [6.07, 6.45) is 4.53. The van der Waals surface area contributed by atoms with Gasteiger partial charge in [-0.15, -0.1) is 0 Å². The lowest BCUT2D eigenvalue weighted by Crippen LogP contribution is -2.34. The number of anilines is 1. The van der Waals surface area contributed by atoms with Crippen LogP contribution in [0.5, 0.6) is 0 Å². The average molecular weight is 426 g/mol. The summed E-state index contributed by atoms with van der Waals surface area (Å²) in [5.74, 6) is -1.27. The molecule has 7 nitrogen and oxygen atoms in total. The Morgan fingerprint density at radius 1 is 1.07 bits per heavy atom. The van der Waals surface area contributed by atoms with Crippen LogP contribution in [0.2, 0.25) is 0 Å². The molecule has 0 aliphatic heterocycles. The van der Waals surface area contributed by atoms with Crippen molar-refractivity contribution in [2.75, 3.05) is 5.73 Å². The van der Waals surface area contributed by atoms with Gasteiger partial charge in [-0.05, 0) is 29.7 Å². The molecule has 2 atom stereocenters. The Morgan fingerprint density at radius 2 is 1.80 bits per heavy atom. The van der Waals surface area contributed by atoms with Gasteiger partial charge in [0.1, 0.15) is 0 Å². The molecule has 0 saturated carbocycles. The van der Waals surface area contributed by atoms with Crippen LogP contribution >= 0.6 is 0 Å². The highest BCUT2D eigenvalue weighted by atomic mass is 32.2. The predicted octanol–water partition coefficient (Wildman–Crippen LogP) is 2.48. The standard InChI is InChI=1S/C21H19FN4O3S/c22-19-13-26(21(27)24-20(19)23)17-10-9-16(12-17)25-30(28,29)18-8-4-7-15(11-18)14-5-2-1-3-6-14/h1-11,13,16-17,25H,12H2,(H2,23,24,27)/t16-,17+/m1/s1. The molecule has 1 aromatic heterocycles. The molecule has 0 bridgehead atoms. The zero-order chi connectivity index (χ0) is 21.3. The Bertz CT molecular complexity index is 1270. The molecule has 3 aromatic rings. The molecule has 1 aliphatic carbocycles. The summed E-state index contributed by atoms with van der Waals surface area (Å²) in [6, 6.07) is 15.1. The van der Waals surface area contributed by atoms with Gasteiger partial charge in [0.2, 0.25) is 10.0 Å². The van der Waals surface area contributed by atoms with Crippen molar-refractivity contribution in [3.8, 4) is 11.1 Å². The number of rotatable bonds is 5. The van der Waals surface area contributed by atoms with Crippen LogP contribution in [0.15, 0.2) is 82.6 Å². The fourth-order valence-electron chi connectivity index (χ4n) is 3.41. The summed E-state index contributed by atoms with van der Waals surface area (Å²) in [7, 11) is -3.80. The van der Waals surface area contributed by atoms with Crippen molar-refractivity contribution in [1.82, 2.24) is 14.3 Å². The molecule has 1 heterocycles. The monoisotopic (exact) mass is 426 g/mol. The van der Waals surface area contributed by atoms with Crippen molar-refractivity contribution in [3.05, 3.63) is 89.2 Å². The molecule has 9 heteroatoms. The Morgan fingerprint density at radius 3 is 2.57 bits per heavy atom. The van der Waals surface area contributed by atoms with Gasteiger partial charge in [0.25, 0.3) is 0 Å². The molecule has 3 N–H and O–H groups in total. The van der Waals surface area contributed by atoms with E-state index in [1.54, 1.807) is 24.3 Å². The molecule has 0 fully saturated rings. The summed E-state index contributed by atoms with van der Waals surface area (Å²) in [5.41, 5.74) is 6.31. The van der Waals surface area contributed by atoms with Crippen LogP contribution in [0.1, 0.15) is 12.5 Å². The van der Waals surface area contributed by atoms with Crippen molar-refractivity contribution in [1.29, 1.82) is 0 Å². The quantitative estimate of drug-likeness (QED) is 0.610. The average Bonchev–Trinajstić information content (AvgIpc) is 3.19. The molecule has 0 unspecified atom stereocenters. The first kappa shape index (κ1) is 20.0. The molecule has 0 saturated heterocycles. The lowest BCUT2D eigenvalue weighted by molar-refractivity contribution is 0.492. The summed E-state index contributed by atoms with van der Waals surface area (Å²) in [6.45, 7) is 0. The van der Waals surface area contributed by atoms with Gasteiger partial charge in [0, 0.05) is 12.2 Å². The molecule has 4 rings (SSSR count). The van der Waals surface area contributed by atoms with Crippen LogP contribution in [0.3, 0.4) is 0 Å². The lowest BCUT2D eigenvalue weighted by Gasteiger charge is -2.16. The number of nitrogens with two attached hydrogens (primary N) is 1. The molecule has 0 amide bonds. The minimum atomic E-state index is -3.80. The summed E-state index contributed by atoms with van der Waals surface area (Å²) < 4.78 is 43.2. The highest BCUT2D eigenvalue weighted by molar-refractivity contribution is 7.89. The van der Waals surface area contributed by atoms with E-state index in [2.05, 4.69) is 9.71 Å². The van der Waals surface area contributed by atoms with Crippen molar-refractivity contribution >= 4 is 15.8 Å². The highest BCUT2D eigenvalue weighted by Crippen LogP contribution is 2.26. The number of nitrogens with one attached hydrogen (secondary N) is 1. The van der Waals surface area contributed by atoms with Crippen LogP contribution in [-0.4, -0.2) is 24.0 Å². The van der Waals surface area contributed by atoms with Gasteiger partial charge in [0.05, 0.1) is 10.9 Å². The summed E-state index contributed by atoms with van der Waals surface area (Å²) >= 11 is 0. The first-order valence-corrected chi connectivity index (χ1v) is 10.7. The van der Waals surface area contributed by atoms with Gasteiger partial charge in [-0.25, -0.2) is 22.3 Å². The molecule has 0 radical (unpaired) electrons. The van der Waals surface area contributed by atoms with Gasteiger partial charge in [-0.2, -0.15) is 4.98 Å². The Kier molecular flexibility index (Phi) is 5.23. The number of nitrogens with zero attached hydrogens (tertiary/aromatic N) is 2. The fourth-order valence-corrected chi connectivity index (χ4v) is 4.66. The number of allylic oxidation sites excluding steroid dienone is 1. The first-order chi connectivity index (χ1) is 14.3. The fraction of sp³-hybridized carbons (Fsp3) is 0.143. The molecule has 30 heavy (non-hydrogen) atoms. The van der Waals surface area contributed by atoms with Gasteiger partial charge < -0.3 is 5.73 Å². The SMILES string of the molecule is Nc1nc(=O)n([C@H]2C=C[C@@H](NS(=O)(=O)c3cccc(-c4ccccc4)c3)C2)cc1F. The van der Waals surface area contributed by atoms with E-state index in [0.717, 1.165) is 21.9 Å². The minimum Gasteiger partial charge on any atom is -0.381 e. The van der Waals surface area contributed by atoms with Crippen LogP contribution in [0, 0.1) is 5.82 Å². The van der Waals surface area contributed by atoms with E-state index in [1.807, 2.05) is 36.4 Å². The van der Waals surface area contributed by atoms with Crippen molar-refractivity contribution in [2.45, 2.75) is 23.4 Å². The first-order valence-electron chi connectivity index (χ1n) is 9.24. The molecule has 154 valence electrons. The normalized spacial score (nSPS) is 18.6. The van der Waals surface area contributed by atoms with E-state index in [1.165, 1.54) is 6.07 Å². The smallest absolute Gasteiger partial charge is 0.350 e. The second-order valence-corrected chi connectivity index (χ2v) is 8.69. The predicted molar refractivity (Wildman–Crippen MR) is 112 cm³/mol. The molecule has 2 aromatic carbocycles. The number of sulfonamides is 1. The maximum atomic E-state index is 13.7. The van der Waals surface area contributed by atoms with E-state index in [-0.39, 0.29) is 11.3 Å². The number of hydrogen-bond acceptors (Lipinski definition) is 5. The van der Waals surface area contributed by atoms with Crippen molar-refractivity contribution in [2.24, 2.45) is 0 Å². The Hall–Kier alpha value is -3.30. The van der Waals surface area contributed by atoms with E-state index in [0.29, 0.717) is 0 Å². The van der Waals surface area contributed by atoms with E-state index in [4.69, 9.17) is 5.73 Å². The lowest BCUT2D eigenvalue weighted by atomic mass is 10.1. The topological polar surface area (TPSA) is 107 Å². The second-order valence-electron chi connectivity index (χ2n) is 6.97. The highest BCUT2D eigenvalue weighted by Gasteiger charge is 2.26. The zero-order valence-corrected chi connectivity index (χ0v) is 16.6. The minimum absolute atomic E-state index is 0.137. The number of halogens is 1. The Balaban J connectivity index is 1.52. The number of benzene rings is 2. The van der Waals surface area contributed by atoms with Gasteiger partial charge >= 0.3 is 5.69 Å². The third-order valence-electron chi connectivity index (χ3n) is 4.91. The molecular weight excluding hydrogens is 407 g/mol. The number of nitrogen functional groups attached to an aromatic ring is 1. The van der Waals surface area contributed by atoms with Crippen molar-refractivity contribution < 1.29 is 12.8 Å². The number of aromatic nitrogens is 2. The maximum Gasteiger partial charge on any atom is 0.350 e. The maximum absolute atomic E-state index is 13.7. The van der Waals surface area contributed by atoms with Crippen LogP contribution in [-0.2, 0) is 10.0 Å². The second kappa shape index (κ2) is 7.85. The summed E-state index contributed by atoms with van der Waals surface area (Å²) in [4.78, 5) is 15.6. The van der Waals surface area contributed by atoms with Crippen LogP contribution in [0.4, 0.5) is 10.2 Å². The van der Waals surface area contributed by atoms with Gasteiger partial charge in [-0.3, -0.25) is 4.57 Å². The van der Waals surface area contributed by atoms with E-state index < -0.39 is 39.4 Å². The molecule has 0 spiro atoms. The third kappa shape index (κ3) is 4.03. The molecular formula is C21H19FN4O3S. The van der Waals surface area contributed by atoms with E-state index in [9.17, 15) is 17.6 Å². The number of hydrogen-bond donors (Lipinski definition) is 2. The van der Waals surface area contributed by atoms with E-state index >= 15 is 0 Å². The Labute approximate surface area is 172 Å². The third-order valence-corrected chi connectivity index (χ3v) is 6.40. The summed E-state index contributed by atoms with van der Waals surface area (Å²) in [5, 5.41) is 0.